The van der Waals surface area contributed by atoms with E-state index in [1.807, 2.05) is 0 Å². The van der Waals surface area contributed by atoms with Crippen LogP contribution in [0.2, 0.25) is 5.02 Å². The molecule has 1 aromatic carbocycles. The highest BCUT2D eigenvalue weighted by Gasteiger charge is 2.19. The normalized spacial score (nSPS) is 11.8. The smallest absolute Gasteiger partial charge is 0.304 e. The molecule has 114 valence electrons. The lowest BCUT2D eigenvalue weighted by Crippen LogP contribution is -2.24. The molecular weight excluding hydrogens is 336 g/mol. The summed E-state index contributed by atoms with van der Waals surface area (Å²) >= 11 is 6.84. The molecule has 0 radical (unpaired) electrons. The van der Waals surface area contributed by atoms with E-state index in [4.69, 9.17) is 11.6 Å². The zero-order valence-corrected chi connectivity index (χ0v) is 13.4. The first kappa shape index (κ1) is 16.2. The maximum absolute atomic E-state index is 12.3. The lowest BCUT2D eigenvalue weighted by atomic mass is 10.1. The molecule has 0 fully saturated rings. The number of aromatic nitrogens is 1. The van der Waals surface area contributed by atoms with Gasteiger partial charge in [-0.15, -0.1) is 0 Å². The number of halogens is 1. The van der Waals surface area contributed by atoms with Gasteiger partial charge in [0.1, 0.15) is 0 Å². The summed E-state index contributed by atoms with van der Waals surface area (Å²) in [7, 11) is -3.80. The van der Waals surface area contributed by atoms with Gasteiger partial charge >= 0.3 is 4.87 Å². The number of hydrogen-bond donors (Lipinski definition) is 3. The molecule has 2 rings (SSSR count). The first-order chi connectivity index (χ1) is 9.83. The van der Waals surface area contributed by atoms with E-state index < -0.39 is 10.0 Å². The molecular formula is C12H13ClN2O4S2. The summed E-state index contributed by atoms with van der Waals surface area (Å²) in [5, 5.41) is 11.0. The third-order valence-electron chi connectivity index (χ3n) is 2.92. The van der Waals surface area contributed by atoms with Crippen LogP contribution in [0.3, 0.4) is 0 Å². The van der Waals surface area contributed by atoms with Gasteiger partial charge in [0, 0.05) is 16.1 Å². The van der Waals surface area contributed by atoms with Crippen molar-refractivity contribution in [1.82, 2.24) is 9.71 Å². The topological polar surface area (TPSA) is 99.3 Å². The van der Waals surface area contributed by atoms with Crippen LogP contribution < -0.4 is 9.60 Å². The Morgan fingerprint density at radius 3 is 2.71 bits per heavy atom. The zero-order valence-electron chi connectivity index (χ0n) is 11.0. The molecule has 3 N–H and O–H groups in total. The fourth-order valence-electron chi connectivity index (χ4n) is 1.80. The van der Waals surface area contributed by atoms with Gasteiger partial charge in [-0.05, 0) is 30.2 Å². The molecule has 1 aromatic heterocycles. The van der Waals surface area contributed by atoms with Crippen LogP contribution >= 0.6 is 22.9 Å². The Balaban J connectivity index is 2.31. The van der Waals surface area contributed by atoms with Gasteiger partial charge < -0.3 is 10.1 Å². The van der Waals surface area contributed by atoms with Gasteiger partial charge in [-0.3, -0.25) is 4.79 Å². The van der Waals surface area contributed by atoms with Crippen molar-refractivity contribution in [2.45, 2.75) is 25.0 Å². The molecule has 6 nitrogen and oxygen atoms in total. The van der Waals surface area contributed by atoms with Crippen LogP contribution in [-0.2, 0) is 23.2 Å². The molecule has 0 spiro atoms. The van der Waals surface area contributed by atoms with Gasteiger partial charge in [0.2, 0.25) is 10.0 Å². The van der Waals surface area contributed by atoms with Gasteiger partial charge in [-0.1, -0.05) is 22.9 Å². The third-order valence-corrected chi connectivity index (χ3v) is 5.38. The summed E-state index contributed by atoms with van der Waals surface area (Å²) in [5.74, 6) is 0. The van der Waals surface area contributed by atoms with E-state index in [1.54, 1.807) is 12.3 Å². The summed E-state index contributed by atoms with van der Waals surface area (Å²) in [5.41, 5.74) is 1.37. The number of rotatable bonds is 5. The standard InChI is InChI=1S/C12H13ClN2O4S2/c1-7-8(5-16)2-9(13)3-11(7)21(18,19)14-4-10-6-20-12(17)15-10/h2-3,6,14,16H,4-5H2,1H3,(H,15,17). The number of hydrogen-bond acceptors (Lipinski definition) is 5. The second-order valence-electron chi connectivity index (χ2n) is 4.34. The minimum absolute atomic E-state index is 0.0108. The molecule has 9 heteroatoms. The quantitative estimate of drug-likeness (QED) is 0.759. The molecule has 0 bridgehead atoms. The van der Waals surface area contributed by atoms with E-state index in [0.29, 0.717) is 16.8 Å². The Hall–Kier alpha value is -1.19. The van der Waals surface area contributed by atoms with Crippen LogP contribution in [0.25, 0.3) is 0 Å². The van der Waals surface area contributed by atoms with Gasteiger partial charge in [-0.2, -0.15) is 0 Å². The highest BCUT2D eigenvalue weighted by atomic mass is 35.5. The lowest BCUT2D eigenvalue weighted by Gasteiger charge is -2.12. The SMILES string of the molecule is Cc1c(CO)cc(Cl)cc1S(=O)(=O)NCc1csc(=O)[nH]1. The first-order valence-corrected chi connectivity index (χ1v) is 8.64. The number of sulfonamides is 1. The minimum atomic E-state index is -3.80. The minimum Gasteiger partial charge on any atom is -0.392 e. The second-order valence-corrected chi connectivity index (χ2v) is 7.36. The van der Waals surface area contributed by atoms with Crippen molar-refractivity contribution in [2.75, 3.05) is 0 Å². The molecule has 0 atom stereocenters. The number of thiazole rings is 1. The molecule has 21 heavy (non-hydrogen) atoms. The largest absolute Gasteiger partial charge is 0.392 e. The van der Waals surface area contributed by atoms with Crippen LogP contribution in [0, 0.1) is 6.92 Å². The predicted octanol–water partition coefficient (Wildman–Crippen LogP) is 1.37. The monoisotopic (exact) mass is 348 g/mol. The molecule has 0 aliphatic heterocycles. The van der Waals surface area contributed by atoms with Gasteiger partial charge in [0.25, 0.3) is 0 Å². The molecule has 2 aromatic rings. The van der Waals surface area contributed by atoms with Crippen molar-refractivity contribution in [3.63, 3.8) is 0 Å². The van der Waals surface area contributed by atoms with Gasteiger partial charge in [0.15, 0.2) is 0 Å². The summed E-state index contributed by atoms with van der Waals surface area (Å²) in [6.07, 6.45) is 0. The molecule has 0 aliphatic rings. The zero-order chi connectivity index (χ0) is 15.6. The van der Waals surface area contributed by atoms with Gasteiger partial charge in [-0.25, -0.2) is 13.1 Å². The summed E-state index contributed by atoms with van der Waals surface area (Å²) in [6.45, 7) is 1.27. The van der Waals surface area contributed by atoms with Crippen molar-refractivity contribution in [1.29, 1.82) is 0 Å². The highest BCUT2D eigenvalue weighted by Crippen LogP contribution is 2.24. The van der Waals surface area contributed by atoms with Crippen LogP contribution in [0.5, 0.6) is 0 Å². The van der Waals surface area contributed by atoms with Crippen LogP contribution in [0.1, 0.15) is 16.8 Å². The summed E-state index contributed by atoms with van der Waals surface area (Å²) in [6, 6.07) is 2.85. The second kappa shape index (κ2) is 6.29. The lowest BCUT2D eigenvalue weighted by molar-refractivity contribution is 0.280. The van der Waals surface area contributed by atoms with E-state index >= 15 is 0 Å². The van der Waals surface area contributed by atoms with Crippen molar-refractivity contribution < 1.29 is 13.5 Å². The highest BCUT2D eigenvalue weighted by molar-refractivity contribution is 7.89. The van der Waals surface area contributed by atoms with E-state index in [1.165, 1.54) is 12.1 Å². The average molecular weight is 349 g/mol. The van der Waals surface area contributed by atoms with E-state index in [-0.39, 0.29) is 27.9 Å². The summed E-state index contributed by atoms with van der Waals surface area (Å²) in [4.78, 5) is 13.3. The van der Waals surface area contributed by atoms with Crippen LogP contribution in [0.4, 0.5) is 0 Å². The van der Waals surface area contributed by atoms with E-state index in [9.17, 15) is 18.3 Å². The van der Waals surface area contributed by atoms with Crippen LogP contribution in [-0.4, -0.2) is 18.5 Å². The Labute approximate surface area is 130 Å². The average Bonchev–Trinajstić information content (AvgIpc) is 2.84. The Bertz CT molecular complexity index is 811. The number of benzene rings is 1. The molecule has 0 saturated heterocycles. The van der Waals surface area contributed by atoms with E-state index in [2.05, 4.69) is 9.71 Å². The number of nitrogens with one attached hydrogen (secondary N) is 2. The molecule has 0 unspecified atom stereocenters. The molecule has 0 saturated carbocycles. The van der Waals surface area contributed by atoms with Crippen molar-refractivity contribution in [3.05, 3.63) is 49.0 Å². The maximum atomic E-state index is 12.3. The van der Waals surface area contributed by atoms with Crippen molar-refractivity contribution >= 4 is 33.0 Å². The Morgan fingerprint density at radius 1 is 1.43 bits per heavy atom. The number of aromatic amines is 1. The fraction of sp³-hybridized carbons (Fsp3) is 0.250. The van der Waals surface area contributed by atoms with Crippen molar-refractivity contribution in [3.8, 4) is 0 Å². The van der Waals surface area contributed by atoms with Crippen LogP contribution in [0.15, 0.2) is 27.2 Å². The van der Waals surface area contributed by atoms with E-state index in [0.717, 1.165) is 11.3 Å². The summed E-state index contributed by atoms with van der Waals surface area (Å²) < 4.78 is 27.0. The first-order valence-electron chi connectivity index (χ1n) is 5.89. The number of H-pyrrole nitrogens is 1. The molecule has 1 heterocycles. The fourth-order valence-corrected chi connectivity index (χ4v) is 4.01. The Kier molecular flexibility index (Phi) is 4.84. The number of aliphatic hydroxyl groups is 1. The Morgan fingerprint density at radius 2 is 2.14 bits per heavy atom. The molecule has 0 amide bonds. The van der Waals surface area contributed by atoms with Crippen molar-refractivity contribution in [2.24, 2.45) is 0 Å². The predicted molar refractivity (Wildman–Crippen MR) is 81.1 cm³/mol. The van der Waals surface area contributed by atoms with Gasteiger partial charge in [0.05, 0.1) is 18.0 Å². The third kappa shape index (κ3) is 3.72. The molecule has 0 aliphatic carbocycles. The number of aliphatic hydroxyl groups excluding tert-OH is 1. The maximum Gasteiger partial charge on any atom is 0.304 e.